The smallest absolute Gasteiger partial charge is 0.243 e. The maximum absolute atomic E-state index is 12.5. The molecule has 0 aromatic heterocycles. The minimum atomic E-state index is -3.50. The molecule has 0 spiro atoms. The highest BCUT2D eigenvalue weighted by atomic mass is 35.5. The van der Waals surface area contributed by atoms with Crippen LogP contribution in [-0.2, 0) is 10.0 Å². The molecule has 0 amide bonds. The molecule has 1 aliphatic heterocycles. The lowest BCUT2D eigenvalue weighted by Crippen LogP contribution is -2.30. The Morgan fingerprint density at radius 2 is 1.90 bits per heavy atom. The molecule has 1 unspecified atom stereocenters. The lowest BCUT2D eigenvalue weighted by atomic mass is 10.1. The van der Waals surface area contributed by atoms with E-state index in [0.717, 1.165) is 13.0 Å². The second-order valence-corrected chi connectivity index (χ2v) is 7.49. The summed E-state index contributed by atoms with van der Waals surface area (Å²) in [5.74, 6) is 0.356. The average Bonchev–Trinajstić information content (AvgIpc) is 2.77. The van der Waals surface area contributed by atoms with Crippen LogP contribution in [0.1, 0.15) is 6.42 Å². The van der Waals surface area contributed by atoms with Gasteiger partial charge >= 0.3 is 0 Å². The van der Waals surface area contributed by atoms with Crippen molar-refractivity contribution in [2.75, 3.05) is 26.7 Å². The molecule has 1 saturated heterocycles. The lowest BCUT2D eigenvalue weighted by molar-refractivity contribution is 0.451. The molecule has 114 valence electrons. The second kappa shape index (κ2) is 7.29. The molecule has 1 aliphatic rings. The Morgan fingerprint density at radius 1 is 1.30 bits per heavy atom. The summed E-state index contributed by atoms with van der Waals surface area (Å²) < 4.78 is 26.5. The first-order chi connectivity index (χ1) is 8.93. The van der Waals surface area contributed by atoms with E-state index in [2.05, 4.69) is 5.32 Å². The number of benzene rings is 1. The Morgan fingerprint density at radius 3 is 2.45 bits per heavy atom. The normalized spacial score (nSPS) is 19.9. The summed E-state index contributed by atoms with van der Waals surface area (Å²) >= 11 is 11.7. The Bertz CT molecular complexity index is 546. The molecule has 1 aromatic rings. The topological polar surface area (TPSA) is 49.4 Å². The van der Waals surface area contributed by atoms with E-state index in [1.807, 2.05) is 7.05 Å². The fourth-order valence-corrected chi connectivity index (χ4v) is 4.56. The van der Waals surface area contributed by atoms with Crippen LogP contribution in [0.3, 0.4) is 0 Å². The summed E-state index contributed by atoms with van der Waals surface area (Å²) in [6, 6.07) is 4.40. The van der Waals surface area contributed by atoms with Crippen molar-refractivity contribution in [1.29, 1.82) is 0 Å². The number of nitrogens with zero attached hydrogens (tertiary/aromatic N) is 1. The van der Waals surface area contributed by atoms with E-state index in [9.17, 15) is 8.42 Å². The average molecular weight is 360 g/mol. The number of halogens is 3. The van der Waals surface area contributed by atoms with Crippen LogP contribution in [0.25, 0.3) is 0 Å². The van der Waals surface area contributed by atoms with E-state index in [4.69, 9.17) is 23.2 Å². The van der Waals surface area contributed by atoms with Gasteiger partial charge in [-0.05, 0) is 44.1 Å². The SMILES string of the molecule is CNCC1CCN(S(=O)(=O)c2cc(Cl)cc(Cl)c2)C1.Cl. The van der Waals surface area contributed by atoms with Gasteiger partial charge in [-0.25, -0.2) is 8.42 Å². The predicted octanol–water partition coefficient (Wildman–Crippen LogP) is 2.65. The second-order valence-electron chi connectivity index (χ2n) is 4.68. The van der Waals surface area contributed by atoms with Gasteiger partial charge in [-0.2, -0.15) is 4.31 Å². The highest BCUT2D eigenvalue weighted by Crippen LogP contribution is 2.28. The Labute approximate surface area is 135 Å². The highest BCUT2D eigenvalue weighted by Gasteiger charge is 2.32. The first kappa shape index (κ1) is 18.0. The van der Waals surface area contributed by atoms with Gasteiger partial charge in [0, 0.05) is 23.1 Å². The molecule has 1 aromatic carbocycles. The van der Waals surface area contributed by atoms with E-state index in [0.29, 0.717) is 29.1 Å². The van der Waals surface area contributed by atoms with Crippen LogP contribution in [0.4, 0.5) is 0 Å². The van der Waals surface area contributed by atoms with Crippen LogP contribution in [0.5, 0.6) is 0 Å². The molecule has 0 bridgehead atoms. The molecule has 0 saturated carbocycles. The van der Waals surface area contributed by atoms with E-state index in [1.165, 1.54) is 22.5 Å². The number of nitrogens with one attached hydrogen (secondary N) is 1. The summed E-state index contributed by atoms with van der Waals surface area (Å²) in [6.07, 6.45) is 0.869. The largest absolute Gasteiger partial charge is 0.319 e. The number of hydrogen-bond acceptors (Lipinski definition) is 3. The van der Waals surface area contributed by atoms with Crippen molar-refractivity contribution >= 4 is 45.6 Å². The zero-order chi connectivity index (χ0) is 14.0. The molecule has 2 rings (SSSR count). The van der Waals surface area contributed by atoms with Gasteiger partial charge in [-0.1, -0.05) is 23.2 Å². The zero-order valence-electron chi connectivity index (χ0n) is 11.0. The van der Waals surface area contributed by atoms with Crippen molar-refractivity contribution in [2.45, 2.75) is 11.3 Å². The first-order valence-corrected chi connectivity index (χ1v) is 8.24. The van der Waals surface area contributed by atoms with Gasteiger partial charge < -0.3 is 5.32 Å². The third-order valence-electron chi connectivity index (χ3n) is 3.22. The van der Waals surface area contributed by atoms with Crippen LogP contribution in [0.2, 0.25) is 10.0 Å². The minimum Gasteiger partial charge on any atom is -0.319 e. The standard InChI is InChI=1S/C12H16Cl2N2O2S.ClH/c1-15-7-9-2-3-16(8-9)19(17,18)12-5-10(13)4-11(14)6-12;/h4-6,9,15H,2-3,7-8H2,1H3;1H. The van der Waals surface area contributed by atoms with Crippen molar-refractivity contribution < 1.29 is 8.42 Å². The van der Waals surface area contributed by atoms with E-state index in [1.54, 1.807) is 0 Å². The number of rotatable bonds is 4. The zero-order valence-corrected chi connectivity index (χ0v) is 14.1. The Balaban J connectivity index is 0.00000200. The van der Waals surface area contributed by atoms with Crippen LogP contribution in [0, 0.1) is 5.92 Å². The molecule has 20 heavy (non-hydrogen) atoms. The fraction of sp³-hybridized carbons (Fsp3) is 0.500. The summed E-state index contributed by atoms with van der Waals surface area (Å²) in [5, 5.41) is 3.74. The maximum atomic E-state index is 12.5. The Hall–Kier alpha value is -0.0400. The summed E-state index contributed by atoms with van der Waals surface area (Å²) in [6.45, 7) is 1.90. The van der Waals surface area contributed by atoms with Crippen LogP contribution >= 0.6 is 35.6 Å². The van der Waals surface area contributed by atoms with Gasteiger partial charge in [-0.3, -0.25) is 0 Å². The Kier molecular flexibility index (Phi) is 6.57. The summed E-state index contributed by atoms with van der Waals surface area (Å²) in [5.41, 5.74) is 0. The predicted molar refractivity (Wildman–Crippen MR) is 84.5 cm³/mol. The van der Waals surface area contributed by atoms with Crippen LogP contribution < -0.4 is 5.32 Å². The monoisotopic (exact) mass is 358 g/mol. The van der Waals surface area contributed by atoms with Gasteiger partial charge in [-0.15, -0.1) is 12.4 Å². The molecular weight excluding hydrogens is 343 g/mol. The number of hydrogen-bond donors (Lipinski definition) is 1. The summed E-state index contributed by atoms with van der Waals surface area (Å²) in [7, 11) is -1.63. The molecule has 1 heterocycles. The van der Waals surface area contributed by atoms with Crippen molar-refractivity contribution in [3.63, 3.8) is 0 Å². The van der Waals surface area contributed by atoms with Gasteiger partial charge in [0.25, 0.3) is 0 Å². The van der Waals surface area contributed by atoms with E-state index in [-0.39, 0.29) is 17.3 Å². The molecule has 4 nitrogen and oxygen atoms in total. The van der Waals surface area contributed by atoms with E-state index < -0.39 is 10.0 Å². The maximum Gasteiger partial charge on any atom is 0.243 e. The number of sulfonamides is 1. The fourth-order valence-electron chi connectivity index (χ4n) is 2.30. The van der Waals surface area contributed by atoms with Gasteiger partial charge in [0.15, 0.2) is 0 Å². The quantitative estimate of drug-likeness (QED) is 0.899. The molecule has 1 atom stereocenters. The molecule has 1 fully saturated rings. The van der Waals surface area contributed by atoms with Crippen molar-refractivity contribution in [2.24, 2.45) is 5.92 Å². The van der Waals surface area contributed by atoms with Gasteiger partial charge in [0.1, 0.15) is 0 Å². The van der Waals surface area contributed by atoms with Gasteiger partial charge in [0.2, 0.25) is 10.0 Å². The van der Waals surface area contributed by atoms with Crippen molar-refractivity contribution in [1.82, 2.24) is 9.62 Å². The van der Waals surface area contributed by atoms with Crippen molar-refractivity contribution in [3.8, 4) is 0 Å². The molecule has 0 aliphatic carbocycles. The third-order valence-corrected chi connectivity index (χ3v) is 5.49. The van der Waals surface area contributed by atoms with E-state index >= 15 is 0 Å². The van der Waals surface area contributed by atoms with Gasteiger partial charge in [0.05, 0.1) is 4.90 Å². The van der Waals surface area contributed by atoms with Crippen molar-refractivity contribution in [3.05, 3.63) is 28.2 Å². The minimum absolute atomic E-state index is 0. The highest BCUT2D eigenvalue weighted by molar-refractivity contribution is 7.89. The summed E-state index contributed by atoms with van der Waals surface area (Å²) in [4.78, 5) is 0.162. The molecule has 8 heteroatoms. The lowest BCUT2D eigenvalue weighted by Gasteiger charge is -2.17. The first-order valence-electron chi connectivity index (χ1n) is 6.04. The molecular formula is C12H17Cl3N2O2S. The third kappa shape index (κ3) is 4.00. The van der Waals surface area contributed by atoms with Crippen LogP contribution in [-0.4, -0.2) is 39.4 Å². The molecule has 0 radical (unpaired) electrons. The van der Waals surface area contributed by atoms with Crippen LogP contribution in [0.15, 0.2) is 23.1 Å². The molecule has 1 N–H and O–H groups in total.